The van der Waals surface area contributed by atoms with Gasteiger partial charge in [0.25, 0.3) is 0 Å². The van der Waals surface area contributed by atoms with Gasteiger partial charge in [-0.25, -0.2) is 0 Å². The van der Waals surface area contributed by atoms with E-state index in [0.29, 0.717) is 10.9 Å². The molecule has 3 heteroatoms. The lowest BCUT2D eigenvalue weighted by molar-refractivity contribution is 1.10. The van der Waals surface area contributed by atoms with Gasteiger partial charge in [-0.2, -0.15) is 11.8 Å². The van der Waals surface area contributed by atoms with E-state index in [1.807, 2.05) is 11.8 Å². The maximum atomic E-state index is 5.35. The fourth-order valence-electron chi connectivity index (χ4n) is 0.668. The van der Waals surface area contributed by atoms with Gasteiger partial charge in [-0.3, -0.25) is 10.9 Å². The van der Waals surface area contributed by atoms with Crippen molar-refractivity contribution < 1.29 is 0 Å². The Morgan fingerprint density at radius 2 is 2.00 bits per heavy atom. The molecule has 0 aromatic heterocycles. The molecule has 2 N–H and O–H groups in total. The van der Waals surface area contributed by atoms with E-state index in [4.69, 9.17) is 5.73 Å². The Balaban J connectivity index is 2.77. The van der Waals surface area contributed by atoms with Crippen molar-refractivity contribution in [3.63, 3.8) is 0 Å². The fourth-order valence-corrected chi connectivity index (χ4v) is 2.39. The highest BCUT2D eigenvalue weighted by Gasteiger charge is 1.89. The molecule has 0 heterocycles. The van der Waals surface area contributed by atoms with Gasteiger partial charge in [0.2, 0.25) is 0 Å². The fraction of sp³-hybridized carbons (Fsp3) is 1.00. The van der Waals surface area contributed by atoms with Gasteiger partial charge in [0.05, 0.1) is 0 Å². The topological polar surface area (TPSA) is 26.0 Å². The number of nitrogens with two attached hydrogens (primary N) is 1. The van der Waals surface area contributed by atoms with Crippen LogP contribution in [0, 0.1) is 0 Å². The van der Waals surface area contributed by atoms with Gasteiger partial charge in [0.1, 0.15) is 0 Å². The summed E-state index contributed by atoms with van der Waals surface area (Å²) in [5.74, 6) is 3.86. The minimum atomic E-state index is 0.334. The van der Waals surface area contributed by atoms with Crippen molar-refractivity contribution in [2.45, 2.75) is 6.42 Å². The Morgan fingerprint density at radius 3 is 2.50 bits per heavy atom. The highest BCUT2D eigenvalue weighted by atomic mass is 32.2. The second-order valence-electron chi connectivity index (χ2n) is 2.56. The molecule has 0 fully saturated rings. The van der Waals surface area contributed by atoms with Crippen molar-refractivity contribution in [3.05, 3.63) is 0 Å². The zero-order valence-electron chi connectivity index (χ0n) is 6.97. The largest absolute Gasteiger partial charge is 0.330 e. The van der Waals surface area contributed by atoms with Crippen LogP contribution in [0.4, 0.5) is 0 Å². The van der Waals surface area contributed by atoms with Crippen molar-refractivity contribution in [2.24, 2.45) is 5.73 Å². The summed E-state index contributed by atoms with van der Waals surface area (Å²) in [5.41, 5.74) is 5.35. The molecule has 0 saturated heterocycles. The SMILES string of the molecule is C[SH](C)CCCSCCN. The molecular weight excluding hydrogens is 162 g/mol. The van der Waals surface area contributed by atoms with Crippen LogP contribution in [0.2, 0.25) is 0 Å². The van der Waals surface area contributed by atoms with Gasteiger partial charge in [-0.15, -0.1) is 0 Å². The lowest BCUT2D eigenvalue weighted by Gasteiger charge is -2.07. The van der Waals surface area contributed by atoms with Crippen molar-refractivity contribution in [1.82, 2.24) is 0 Å². The van der Waals surface area contributed by atoms with Crippen LogP contribution in [0.15, 0.2) is 0 Å². The predicted octanol–water partition coefficient (Wildman–Crippen LogP) is 1.33. The summed E-state index contributed by atoms with van der Waals surface area (Å²) in [7, 11) is 0.334. The van der Waals surface area contributed by atoms with Crippen LogP contribution in [0.1, 0.15) is 6.42 Å². The highest BCUT2D eigenvalue weighted by molar-refractivity contribution is 8.15. The minimum absolute atomic E-state index is 0.334. The third-order valence-corrected chi connectivity index (χ3v) is 3.47. The summed E-state index contributed by atoms with van der Waals surface area (Å²) in [5, 5.41) is 0. The quantitative estimate of drug-likeness (QED) is 0.477. The second-order valence-corrected chi connectivity index (χ2v) is 6.39. The summed E-state index contributed by atoms with van der Waals surface area (Å²) >= 11 is 1.98. The minimum Gasteiger partial charge on any atom is -0.330 e. The first-order valence-electron chi connectivity index (χ1n) is 3.70. The molecule has 10 heavy (non-hydrogen) atoms. The van der Waals surface area contributed by atoms with E-state index in [9.17, 15) is 0 Å². The monoisotopic (exact) mass is 181 g/mol. The first kappa shape index (κ1) is 10.7. The predicted molar refractivity (Wildman–Crippen MR) is 56.7 cm³/mol. The summed E-state index contributed by atoms with van der Waals surface area (Å²) in [4.78, 5) is 0. The zero-order valence-corrected chi connectivity index (χ0v) is 8.68. The van der Waals surface area contributed by atoms with Crippen LogP contribution in [0.3, 0.4) is 0 Å². The molecular formula is C7H19NS2. The lowest BCUT2D eigenvalue weighted by atomic mass is 10.6. The molecule has 0 aliphatic rings. The smallest absolute Gasteiger partial charge is 0.00558 e. The molecule has 0 bridgehead atoms. The molecule has 0 atom stereocenters. The maximum absolute atomic E-state index is 5.35. The van der Waals surface area contributed by atoms with E-state index in [0.717, 1.165) is 12.3 Å². The second kappa shape index (κ2) is 7.76. The summed E-state index contributed by atoms with van der Waals surface area (Å²) < 4.78 is 0. The van der Waals surface area contributed by atoms with Crippen LogP contribution in [-0.4, -0.2) is 36.3 Å². The van der Waals surface area contributed by atoms with Gasteiger partial charge in [0, 0.05) is 12.3 Å². The van der Waals surface area contributed by atoms with Crippen molar-refractivity contribution >= 4 is 22.7 Å². The van der Waals surface area contributed by atoms with E-state index in [1.165, 1.54) is 17.9 Å². The van der Waals surface area contributed by atoms with Gasteiger partial charge in [-0.1, -0.05) is 0 Å². The molecule has 0 amide bonds. The van der Waals surface area contributed by atoms with E-state index in [1.54, 1.807) is 0 Å². The number of rotatable bonds is 6. The van der Waals surface area contributed by atoms with Crippen LogP contribution < -0.4 is 5.73 Å². The lowest BCUT2D eigenvalue weighted by Crippen LogP contribution is -2.02. The van der Waals surface area contributed by atoms with Crippen LogP contribution >= 0.6 is 22.7 Å². The van der Waals surface area contributed by atoms with E-state index < -0.39 is 0 Å². The molecule has 64 valence electrons. The van der Waals surface area contributed by atoms with E-state index in [2.05, 4.69) is 12.5 Å². The molecule has 0 aliphatic carbocycles. The molecule has 0 radical (unpaired) electrons. The van der Waals surface area contributed by atoms with E-state index >= 15 is 0 Å². The summed E-state index contributed by atoms with van der Waals surface area (Å²) in [6.07, 6.45) is 6.05. The van der Waals surface area contributed by atoms with Crippen LogP contribution in [0.5, 0.6) is 0 Å². The molecule has 0 aromatic rings. The Kier molecular flexibility index (Phi) is 8.28. The molecule has 0 rings (SSSR count). The van der Waals surface area contributed by atoms with Gasteiger partial charge in [-0.05, 0) is 30.4 Å². The van der Waals surface area contributed by atoms with Crippen LogP contribution in [0.25, 0.3) is 0 Å². The zero-order chi connectivity index (χ0) is 7.82. The first-order chi connectivity index (χ1) is 4.77. The normalized spacial score (nSPS) is 11.7. The Morgan fingerprint density at radius 1 is 1.30 bits per heavy atom. The van der Waals surface area contributed by atoms with Crippen molar-refractivity contribution in [2.75, 3.05) is 36.3 Å². The highest BCUT2D eigenvalue weighted by Crippen LogP contribution is 2.15. The van der Waals surface area contributed by atoms with Crippen molar-refractivity contribution in [1.29, 1.82) is 0 Å². The molecule has 0 aromatic carbocycles. The molecule has 1 nitrogen and oxygen atoms in total. The third kappa shape index (κ3) is 8.66. The third-order valence-electron chi connectivity index (χ3n) is 1.16. The van der Waals surface area contributed by atoms with Crippen molar-refractivity contribution in [3.8, 4) is 0 Å². The average molecular weight is 181 g/mol. The maximum Gasteiger partial charge on any atom is 0.00558 e. The summed E-state index contributed by atoms with van der Waals surface area (Å²) in [6.45, 7) is 0.831. The Hall–Kier alpha value is 0.660. The Labute approximate surface area is 71.5 Å². The van der Waals surface area contributed by atoms with Gasteiger partial charge >= 0.3 is 0 Å². The van der Waals surface area contributed by atoms with Gasteiger partial charge < -0.3 is 5.73 Å². The number of thioether (sulfide) groups is 1. The Bertz CT molecular complexity index is 66.6. The standard InChI is InChI=1S/C7H19NS2/c1-10(2)7-3-5-9-6-4-8/h10H,3-8H2,1-2H3. The first-order valence-corrected chi connectivity index (χ1v) is 7.27. The molecule has 0 aliphatic heterocycles. The number of hydrogen-bond donors (Lipinski definition) is 2. The molecule has 0 saturated carbocycles. The summed E-state index contributed by atoms with van der Waals surface area (Å²) in [6, 6.07) is 0. The van der Waals surface area contributed by atoms with Gasteiger partial charge in [0.15, 0.2) is 0 Å². The van der Waals surface area contributed by atoms with Crippen LogP contribution in [-0.2, 0) is 0 Å². The number of hydrogen-bond acceptors (Lipinski definition) is 2. The molecule has 0 unspecified atom stereocenters. The number of thiol groups is 1. The molecule has 0 spiro atoms. The average Bonchev–Trinajstić information content (AvgIpc) is 1.87. The van der Waals surface area contributed by atoms with E-state index in [-0.39, 0.29) is 0 Å².